The maximum atomic E-state index is 6.69. The van der Waals surface area contributed by atoms with Gasteiger partial charge in [0.25, 0.3) is 0 Å². The van der Waals surface area contributed by atoms with Crippen molar-refractivity contribution < 1.29 is 24.5 Å². The molecule has 0 aliphatic carbocycles. The van der Waals surface area contributed by atoms with E-state index in [1.165, 1.54) is 5.56 Å². The maximum absolute atomic E-state index is 6.69. The first-order valence-corrected chi connectivity index (χ1v) is 19.3. The third kappa shape index (κ3) is 7.42. The van der Waals surface area contributed by atoms with Crippen molar-refractivity contribution in [2.24, 2.45) is 0 Å². The third-order valence-electron chi connectivity index (χ3n) is 10.4. The number of pyridine rings is 1. The van der Waals surface area contributed by atoms with Crippen molar-refractivity contribution in [2.75, 3.05) is 0 Å². The summed E-state index contributed by atoms with van der Waals surface area (Å²) in [5.41, 5.74) is 14.3. The molecule has 0 fully saturated rings. The van der Waals surface area contributed by atoms with Gasteiger partial charge in [-0.25, -0.2) is 0 Å². The third-order valence-corrected chi connectivity index (χ3v) is 10.4. The molecule has 4 nitrogen and oxygen atoms in total. The van der Waals surface area contributed by atoms with Crippen molar-refractivity contribution in [1.29, 1.82) is 0 Å². The van der Waals surface area contributed by atoms with Crippen LogP contribution in [0.5, 0.6) is 0 Å². The Morgan fingerprint density at radius 1 is 0.492 bits per heavy atom. The van der Waals surface area contributed by atoms with E-state index in [4.69, 9.17) is 9.40 Å². The van der Waals surface area contributed by atoms with E-state index in [-0.39, 0.29) is 20.1 Å². The number of imidazole rings is 1. The number of rotatable bonds is 6. The summed E-state index contributed by atoms with van der Waals surface area (Å²) in [5.74, 6) is 0.791. The zero-order valence-corrected chi connectivity index (χ0v) is 34.2. The Morgan fingerprint density at radius 3 is 1.86 bits per heavy atom. The summed E-state index contributed by atoms with van der Waals surface area (Å²) in [5, 5.41) is 2.12. The van der Waals surface area contributed by atoms with E-state index in [1.54, 1.807) is 6.20 Å². The molecule has 59 heavy (non-hydrogen) atoms. The van der Waals surface area contributed by atoms with Crippen LogP contribution in [0.15, 0.2) is 217 Å². The predicted molar refractivity (Wildman–Crippen MR) is 237 cm³/mol. The van der Waals surface area contributed by atoms with Crippen LogP contribution >= 0.6 is 0 Å². The molecule has 283 valence electrons. The van der Waals surface area contributed by atoms with E-state index >= 15 is 0 Å². The zero-order valence-electron chi connectivity index (χ0n) is 31.8. The number of para-hydroxylation sites is 2. The molecule has 11 rings (SSSR count). The molecule has 0 spiro atoms. The predicted octanol–water partition coefficient (Wildman–Crippen LogP) is 13.9. The average molecular weight is 934 g/mol. The van der Waals surface area contributed by atoms with Crippen molar-refractivity contribution in [3.8, 4) is 61.7 Å². The smallest absolute Gasteiger partial charge is 0.121 e. The zero-order chi connectivity index (χ0) is 38.7. The molecule has 0 amide bonds. The Balaban J connectivity index is 0.000000297. The first-order chi connectivity index (χ1) is 28.8. The Morgan fingerprint density at radius 2 is 1.15 bits per heavy atom. The molecule has 3 aromatic heterocycles. The van der Waals surface area contributed by atoms with Crippen LogP contribution in [0.1, 0.15) is 0 Å². The molecule has 0 saturated heterocycles. The van der Waals surface area contributed by atoms with Crippen molar-refractivity contribution in [2.45, 2.75) is 0 Å². The second-order valence-electron chi connectivity index (χ2n) is 14.0. The van der Waals surface area contributed by atoms with E-state index < -0.39 is 0 Å². The minimum Gasteiger partial charge on any atom is -0.501 e. The number of nitrogens with zero attached hydrogens (tertiary/aromatic N) is 3. The number of furan rings is 1. The van der Waals surface area contributed by atoms with Gasteiger partial charge in [0.1, 0.15) is 5.58 Å². The molecule has 11 aromatic rings. The standard InChI is InChI=1S/C43H27N2O.C11H8N.Ir/c1-4-13-29(14-5-1)32-24-26-39(37(27-32)31-17-8-3-9-18-31)45-40-22-11-10-21-38(40)44-43(45)36-20-12-19-35-34-25-23-33(28-41(34)46-42(35)36)30-15-6-2-7-16-30;1-2-6-10(7-3-1)11-8-4-5-9-12-11;/h1-19,21-28H;1-6,8-9H;/q2*-1;. The molecule has 0 N–H and O–H groups in total. The van der Waals surface area contributed by atoms with Gasteiger partial charge in [-0.05, 0) is 69.9 Å². The fraction of sp³-hybridized carbons (Fsp3) is 0. The van der Waals surface area contributed by atoms with Gasteiger partial charge in [-0.2, -0.15) is 0 Å². The molecule has 1 radical (unpaired) electrons. The second-order valence-corrected chi connectivity index (χ2v) is 14.0. The molecule has 8 aromatic carbocycles. The van der Waals surface area contributed by atoms with Crippen molar-refractivity contribution >= 4 is 33.0 Å². The number of benzene rings is 8. The molecule has 3 heterocycles. The first kappa shape index (κ1) is 37.4. The average Bonchev–Trinajstić information content (AvgIpc) is 3.89. The summed E-state index contributed by atoms with van der Waals surface area (Å²) < 4.78 is 8.96. The Kier molecular flexibility index (Phi) is 10.6. The molecule has 0 aliphatic heterocycles. The number of hydrogen-bond donors (Lipinski definition) is 0. The Labute approximate surface area is 356 Å². The molecular formula is C54H35IrN3O-2. The second kappa shape index (κ2) is 16.7. The molecule has 0 bridgehead atoms. The summed E-state index contributed by atoms with van der Waals surface area (Å²) in [7, 11) is 0. The van der Waals surface area contributed by atoms with Crippen LogP contribution in [-0.4, -0.2) is 14.5 Å². The molecule has 0 aliphatic rings. The fourth-order valence-corrected chi connectivity index (χ4v) is 7.62. The monoisotopic (exact) mass is 934 g/mol. The fourth-order valence-electron chi connectivity index (χ4n) is 7.62. The van der Waals surface area contributed by atoms with Gasteiger partial charge in [0.2, 0.25) is 0 Å². The van der Waals surface area contributed by atoms with E-state index in [9.17, 15) is 0 Å². The van der Waals surface area contributed by atoms with Crippen LogP contribution in [0.3, 0.4) is 0 Å². The van der Waals surface area contributed by atoms with Crippen LogP contribution in [0, 0.1) is 12.1 Å². The van der Waals surface area contributed by atoms with Crippen LogP contribution in [0.25, 0.3) is 94.7 Å². The minimum absolute atomic E-state index is 0. The Bertz CT molecular complexity index is 3110. The van der Waals surface area contributed by atoms with Gasteiger partial charge in [-0.1, -0.05) is 144 Å². The van der Waals surface area contributed by atoms with Gasteiger partial charge in [0, 0.05) is 42.9 Å². The van der Waals surface area contributed by atoms with E-state index in [2.05, 4.69) is 167 Å². The summed E-state index contributed by atoms with van der Waals surface area (Å²) in [4.78, 5) is 9.45. The van der Waals surface area contributed by atoms with Gasteiger partial charge in [-0.15, -0.1) is 54.1 Å². The molecule has 0 saturated carbocycles. The van der Waals surface area contributed by atoms with E-state index in [0.29, 0.717) is 0 Å². The summed E-state index contributed by atoms with van der Waals surface area (Å²) in [6.45, 7) is 0. The largest absolute Gasteiger partial charge is 0.501 e. The van der Waals surface area contributed by atoms with Gasteiger partial charge < -0.3 is 14.0 Å². The van der Waals surface area contributed by atoms with Gasteiger partial charge in [0.05, 0.1) is 22.4 Å². The summed E-state index contributed by atoms with van der Waals surface area (Å²) >= 11 is 0. The SMILES string of the molecule is [Ir].[c-]1ccc2c(oc3cc(-c4ccccc4)ccc32)c1-c1nc2ccccc2n1-c1ccc(-c2ccccc2)cc1-c1ccccc1.[c-]1ccccc1-c1ccccn1. The Hall–Kier alpha value is -7.17. The number of aromatic nitrogens is 3. The molecular weight excluding hydrogens is 899 g/mol. The summed E-state index contributed by atoms with van der Waals surface area (Å²) in [6.07, 6.45) is 1.79. The molecule has 0 unspecified atom stereocenters. The number of hydrogen-bond acceptors (Lipinski definition) is 3. The topological polar surface area (TPSA) is 43.9 Å². The van der Waals surface area contributed by atoms with Gasteiger partial charge in [0.15, 0.2) is 0 Å². The van der Waals surface area contributed by atoms with Crippen molar-refractivity contribution in [1.82, 2.24) is 14.5 Å². The van der Waals surface area contributed by atoms with Crippen LogP contribution in [0.4, 0.5) is 0 Å². The molecule has 5 heteroatoms. The minimum atomic E-state index is 0. The normalized spacial score (nSPS) is 10.9. The van der Waals surface area contributed by atoms with Crippen LogP contribution in [-0.2, 0) is 20.1 Å². The maximum Gasteiger partial charge on any atom is 0.121 e. The van der Waals surface area contributed by atoms with Gasteiger partial charge in [-0.3, -0.25) is 4.98 Å². The molecule has 0 atom stereocenters. The van der Waals surface area contributed by atoms with Gasteiger partial charge >= 0.3 is 0 Å². The van der Waals surface area contributed by atoms with Crippen LogP contribution in [0.2, 0.25) is 0 Å². The van der Waals surface area contributed by atoms with Crippen LogP contribution < -0.4 is 0 Å². The first-order valence-electron chi connectivity index (χ1n) is 19.3. The van der Waals surface area contributed by atoms with Crippen molar-refractivity contribution in [3.05, 3.63) is 225 Å². The summed E-state index contributed by atoms with van der Waals surface area (Å²) in [6, 6.07) is 77.4. The van der Waals surface area contributed by atoms with E-state index in [0.717, 1.165) is 89.1 Å². The van der Waals surface area contributed by atoms with E-state index in [1.807, 2.05) is 60.7 Å². The quantitative estimate of drug-likeness (QED) is 0.156. The number of fused-ring (bicyclic) bond motifs is 4. The van der Waals surface area contributed by atoms with Crippen molar-refractivity contribution in [3.63, 3.8) is 0 Å².